The van der Waals surface area contributed by atoms with Crippen molar-refractivity contribution in [2.45, 2.75) is 150 Å². The van der Waals surface area contributed by atoms with E-state index < -0.39 is 47.4 Å². The summed E-state index contributed by atoms with van der Waals surface area (Å²) in [4.78, 5) is 49.9. The van der Waals surface area contributed by atoms with Crippen LogP contribution in [0.5, 0.6) is 0 Å². The van der Waals surface area contributed by atoms with Crippen LogP contribution in [-0.4, -0.2) is 69.1 Å². The number of nitrogens with one attached hydrogen (secondary N) is 1. The third-order valence-electron chi connectivity index (χ3n) is 15.1. The van der Waals surface area contributed by atoms with Crippen LogP contribution in [0.15, 0.2) is 23.8 Å². The molecular weight excluding hydrogens is 662 g/mol. The van der Waals surface area contributed by atoms with Crippen LogP contribution in [0.3, 0.4) is 0 Å². The number of allylic oxidation sites excluding steroid dienone is 3. The van der Waals surface area contributed by atoms with Crippen molar-refractivity contribution in [3.05, 3.63) is 23.8 Å². The van der Waals surface area contributed by atoms with Gasteiger partial charge in [0.1, 0.15) is 6.10 Å². The molecule has 1 amide bonds. The molecule has 0 spiro atoms. The minimum absolute atomic E-state index is 0.00891. The molecule has 0 saturated heterocycles. The van der Waals surface area contributed by atoms with E-state index in [0.29, 0.717) is 18.3 Å². The number of aliphatic hydroxyl groups is 2. The molecule has 292 valence electrons. The van der Waals surface area contributed by atoms with E-state index in [0.717, 1.165) is 56.9 Å². The highest BCUT2D eigenvalue weighted by Gasteiger charge is 2.66. The number of carbonyl (C=O) groups excluding carboxylic acids is 2. The van der Waals surface area contributed by atoms with Gasteiger partial charge < -0.3 is 30.5 Å². The largest absolute Gasteiger partial charge is 0.481 e. The number of fused-ring (bicyclic) bond motifs is 7. The van der Waals surface area contributed by atoms with Crippen LogP contribution in [0.1, 0.15) is 132 Å². The van der Waals surface area contributed by atoms with Crippen molar-refractivity contribution in [1.29, 1.82) is 0 Å². The van der Waals surface area contributed by atoms with Gasteiger partial charge in [-0.2, -0.15) is 0 Å². The molecule has 3 unspecified atom stereocenters. The maximum Gasteiger partial charge on any atom is 0.309 e. The normalized spacial score (nSPS) is 37.5. The van der Waals surface area contributed by atoms with Crippen LogP contribution in [0.4, 0.5) is 0 Å². The SMILES string of the molecule is C=C(C)[C@@H]1CC[C@]2(C(=O)NCCC(O)CC(O)CC(=O)O)CC=C3[C@H](CC[C@@H]4[C@@]5(C)CCC(OC(=O)CC(C)(C)C(=O)O)C(C)(C)[C@@H]5CC[C@@]34C)[C@@H]12. The fourth-order valence-electron chi connectivity index (χ4n) is 12.5. The second-order valence-corrected chi connectivity index (χ2v) is 19.2. The summed E-state index contributed by atoms with van der Waals surface area (Å²) >= 11 is 0. The Morgan fingerprint density at radius 2 is 1.65 bits per heavy atom. The summed E-state index contributed by atoms with van der Waals surface area (Å²) in [6, 6.07) is 0. The fraction of sp³-hybridized carbons (Fsp3) is 0.810. The van der Waals surface area contributed by atoms with E-state index in [2.05, 4.69) is 52.6 Å². The van der Waals surface area contributed by atoms with Crippen LogP contribution in [0, 0.1) is 56.7 Å². The van der Waals surface area contributed by atoms with Gasteiger partial charge >= 0.3 is 17.9 Å². The van der Waals surface area contributed by atoms with Gasteiger partial charge in [-0.25, -0.2) is 0 Å². The number of esters is 1. The molecular formula is C42H65NO9. The summed E-state index contributed by atoms with van der Waals surface area (Å²) < 4.78 is 6.11. The topological polar surface area (TPSA) is 170 Å². The predicted octanol–water partition coefficient (Wildman–Crippen LogP) is 6.68. The van der Waals surface area contributed by atoms with Crippen molar-refractivity contribution in [3.63, 3.8) is 0 Å². The summed E-state index contributed by atoms with van der Waals surface area (Å²) in [5.74, 6) is -1.06. The van der Waals surface area contributed by atoms with E-state index >= 15 is 0 Å². The Kier molecular flexibility index (Phi) is 11.3. The van der Waals surface area contributed by atoms with E-state index in [1.807, 2.05) is 0 Å². The molecule has 4 fully saturated rings. The van der Waals surface area contributed by atoms with Crippen LogP contribution in [0.2, 0.25) is 0 Å². The molecule has 0 radical (unpaired) electrons. The predicted molar refractivity (Wildman–Crippen MR) is 197 cm³/mol. The quantitative estimate of drug-likeness (QED) is 0.103. The minimum atomic E-state index is -1.18. The molecule has 0 aromatic heterocycles. The molecule has 0 heterocycles. The Balaban J connectivity index is 1.33. The first-order chi connectivity index (χ1) is 24.1. The van der Waals surface area contributed by atoms with Gasteiger partial charge in [0.05, 0.1) is 35.9 Å². The zero-order valence-corrected chi connectivity index (χ0v) is 32.6. The maximum absolute atomic E-state index is 14.2. The first-order valence-corrected chi connectivity index (χ1v) is 19.7. The summed E-state index contributed by atoms with van der Waals surface area (Å²) in [5.41, 5.74) is 0.700. The van der Waals surface area contributed by atoms with E-state index in [9.17, 15) is 34.5 Å². The number of aliphatic hydroxyl groups excluding tert-OH is 2. The Morgan fingerprint density at radius 1 is 0.962 bits per heavy atom. The van der Waals surface area contributed by atoms with Gasteiger partial charge in [-0.3, -0.25) is 19.2 Å². The van der Waals surface area contributed by atoms with Gasteiger partial charge in [0.15, 0.2) is 0 Å². The van der Waals surface area contributed by atoms with E-state index in [1.165, 1.54) is 5.57 Å². The number of rotatable bonds is 13. The zero-order chi connectivity index (χ0) is 38.6. The van der Waals surface area contributed by atoms with Gasteiger partial charge in [0, 0.05) is 12.0 Å². The van der Waals surface area contributed by atoms with Crippen molar-refractivity contribution >= 4 is 23.8 Å². The van der Waals surface area contributed by atoms with Crippen molar-refractivity contribution in [2.24, 2.45) is 56.7 Å². The van der Waals surface area contributed by atoms with Crippen molar-refractivity contribution < 1.29 is 44.3 Å². The first-order valence-electron chi connectivity index (χ1n) is 19.7. The second kappa shape index (κ2) is 14.5. The average Bonchev–Trinajstić information content (AvgIpc) is 3.43. The molecule has 0 aliphatic heterocycles. The van der Waals surface area contributed by atoms with Crippen LogP contribution in [0.25, 0.3) is 0 Å². The molecule has 52 heavy (non-hydrogen) atoms. The van der Waals surface area contributed by atoms with Crippen molar-refractivity contribution in [2.75, 3.05) is 6.54 Å². The summed E-state index contributed by atoms with van der Waals surface area (Å²) in [7, 11) is 0. The van der Waals surface area contributed by atoms with E-state index in [1.54, 1.807) is 13.8 Å². The highest BCUT2D eigenvalue weighted by Crippen LogP contribution is 2.72. The van der Waals surface area contributed by atoms with Gasteiger partial charge in [-0.1, -0.05) is 51.5 Å². The molecule has 10 nitrogen and oxygen atoms in total. The fourth-order valence-corrected chi connectivity index (χ4v) is 12.5. The number of carboxylic acids is 2. The number of carboxylic acid groups (broad SMARTS) is 2. The molecule has 0 bridgehead atoms. The number of ether oxygens (including phenoxy) is 1. The Morgan fingerprint density at radius 3 is 2.29 bits per heavy atom. The van der Waals surface area contributed by atoms with Crippen LogP contribution >= 0.6 is 0 Å². The molecule has 0 aromatic rings. The molecule has 10 heteroatoms. The van der Waals surface area contributed by atoms with Gasteiger partial charge in [0.2, 0.25) is 5.91 Å². The molecule has 5 aliphatic carbocycles. The standard InChI is InChI=1S/C42H65NO9/c1-24(2)27-11-18-42(36(49)43-20-15-25(44)21-26(45)22-33(46)47)19-12-29-28(35(27)42)9-10-31-40(29,7)16-13-30-39(5,6)32(14-17-41(30,31)8)52-34(48)23-38(3,4)37(50)51/h12,25-28,30-32,35,44-45H,1,9-11,13-23H2,2-8H3,(H,43,49)(H,46,47)(H,50,51)/t25?,26?,27-,28-,30-,31-,32?,35+,40-,41-,42-/m0/s1. The lowest BCUT2D eigenvalue weighted by Crippen LogP contribution is -2.62. The third kappa shape index (κ3) is 7.12. The number of carbonyl (C=O) groups is 4. The smallest absolute Gasteiger partial charge is 0.309 e. The molecule has 4 saturated carbocycles. The molecule has 5 aliphatic rings. The number of hydrogen-bond donors (Lipinski definition) is 5. The highest BCUT2D eigenvalue weighted by molar-refractivity contribution is 5.84. The first kappa shape index (κ1) is 40.5. The van der Waals surface area contributed by atoms with Gasteiger partial charge in [-0.05, 0) is 132 Å². The number of hydrogen-bond acceptors (Lipinski definition) is 7. The zero-order valence-electron chi connectivity index (χ0n) is 32.6. The lowest BCUT2D eigenvalue weighted by atomic mass is 9.38. The van der Waals surface area contributed by atoms with Gasteiger partial charge in [0.25, 0.3) is 0 Å². The molecule has 5 rings (SSSR count). The van der Waals surface area contributed by atoms with E-state index in [4.69, 9.17) is 9.84 Å². The molecule has 11 atom stereocenters. The minimum Gasteiger partial charge on any atom is -0.481 e. The number of aliphatic carboxylic acids is 2. The Bertz CT molecular complexity index is 1470. The number of amides is 1. The van der Waals surface area contributed by atoms with Gasteiger partial charge in [-0.15, -0.1) is 0 Å². The lowest BCUT2D eigenvalue weighted by Gasteiger charge is -2.67. The Hall–Kier alpha value is -2.72. The summed E-state index contributed by atoms with van der Waals surface area (Å²) in [5, 5.41) is 42.0. The van der Waals surface area contributed by atoms with Crippen LogP contribution in [-0.2, 0) is 23.9 Å². The summed E-state index contributed by atoms with van der Waals surface area (Å²) in [6.45, 7) is 19.3. The monoisotopic (exact) mass is 727 g/mol. The maximum atomic E-state index is 14.2. The van der Waals surface area contributed by atoms with E-state index in [-0.39, 0.29) is 71.8 Å². The highest BCUT2D eigenvalue weighted by atomic mass is 16.5. The summed E-state index contributed by atoms with van der Waals surface area (Å²) in [6.07, 6.45) is 7.98. The Labute approximate surface area is 310 Å². The molecule has 5 N–H and O–H groups in total. The van der Waals surface area contributed by atoms with Crippen molar-refractivity contribution in [1.82, 2.24) is 5.32 Å². The molecule has 0 aromatic carbocycles. The lowest BCUT2D eigenvalue weighted by molar-refractivity contribution is -0.197. The van der Waals surface area contributed by atoms with Crippen LogP contribution < -0.4 is 5.32 Å². The average molecular weight is 728 g/mol. The second-order valence-electron chi connectivity index (χ2n) is 19.2. The third-order valence-corrected chi connectivity index (χ3v) is 15.1. The van der Waals surface area contributed by atoms with Crippen molar-refractivity contribution in [3.8, 4) is 0 Å².